The fourth-order valence-corrected chi connectivity index (χ4v) is 3.21. The number of hydrogen-bond donors (Lipinski definition) is 1. The molecule has 1 unspecified atom stereocenters. The van der Waals surface area contributed by atoms with Crippen molar-refractivity contribution in [3.05, 3.63) is 34.9 Å². The fraction of sp³-hybridized carbons (Fsp3) is 0.667. The maximum Gasteiger partial charge on any atom is 0.0953 e. The molecule has 21 heavy (non-hydrogen) atoms. The van der Waals surface area contributed by atoms with Crippen LogP contribution in [0.3, 0.4) is 0 Å². The first kappa shape index (κ1) is 15.3. The maximum absolute atomic E-state index is 6.44. The molecule has 3 rings (SSSR count). The second-order valence-corrected chi connectivity index (χ2v) is 7.18. The van der Waals surface area contributed by atoms with E-state index in [1.54, 1.807) is 0 Å². The predicted octanol–water partition coefficient (Wildman–Crippen LogP) is 4.73. The van der Waals surface area contributed by atoms with Crippen molar-refractivity contribution >= 4 is 11.6 Å². The van der Waals surface area contributed by atoms with Gasteiger partial charge in [-0.2, -0.15) is 0 Å². The van der Waals surface area contributed by atoms with E-state index in [1.165, 1.54) is 44.1 Å². The van der Waals surface area contributed by atoms with Gasteiger partial charge in [-0.05, 0) is 62.1 Å². The van der Waals surface area contributed by atoms with E-state index in [2.05, 4.69) is 24.4 Å². The Kier molecular flexibility index (Phi) is 5.20. The van der Waals surface area contributed by atoms with Crippen molar-refractivity contribution in [2.75, 3.05) is 6.54 Å². The molecule has 116 valence electrons. The molecule has 1 aromatic rings. The van der Waals surface area contributed by atoms with Gasteiger partial charge < -0.3 is 10.1 Å². The largest absolute Gasteiger partial charge is 0.369 e. The highest BCUT2D eigenvalue weighted by atomic mass is 35.5. The lowest BCUT2D eigenvalue weighted by molar-refractivity contribution is -0.0364. The molecule has 1 N–H and O–H groups in total. The zero-order valence-electron chi connectivity index (χ0n) is 12.9. The Labute approximate surface area is 133 Å². The van der Waals surface area contributed by atoms with Crippen LogP contribution >= 0.6 is 11.6 Å². The molecule has 0 aliphatic heterocycles. The number of nitrogens with one attached hydrogen (secondary N) is 1. The summed E-state index contributed by atoms with van der Waals surface area (Å²) in [6.07, 6.45) is 8.21. The summed E-state index contributed by atoms with van der Waals surface area (Å²) in [6.45, 7) is 3.26. The second kappa shape index (κ2) is 7.13. The quantitative estimate of drug-likeness (QED) is 0.820. The van der Waals surface area contributed by atoms with Crippen molar-refractivity contribution in [1.29, 1.82) is 0 Å². The van der Waals surface area contributed by atoms with E-state index in [4.69, 9.17) is 16.3 Å². The van der Waals surface area contributed by atoms with Gasteiger partial charge in [0.25, 0.3) is 0 Å². The van der Waals surface area contributed by atoms with Crippen molar-refractivity contribution < 1.29 is 4.74 Å². The first-order valence-electron chi connectivity index (χ1n) is 8.35. The standard InChI is InChI=1S/C18H26ClNO/c1-13-2-10-17(11-3-13)21-18(12-20-16-8-9-16)14-4-6-15(19)7-5-14/h4-7,13,16-18,20H,2-3,8-12H2,1H3. The van der Waals surface area contributed by atoms with Crippen LogP contribution < -0.4 is 5.32 Å². The molecule has 1 atom stereocenters. The molecule has 0 amide bonds. The van der Waals surface area contributed by atoms with E-state index >= 15 is 0 Å². The highest BCUT2D eigenvalue weighted by Crippen LogP contribution is 2.30. The number of ether oxygens (including phenoxy) is 1. The summed E-state index contributed by atoms with van der Waals surface area (Å²) in [6, 6.07) is 8.86. The topological polar surface area (TPSA) is 21.3 Å². The van der Waals surface area contributed by atoms with Gasteiger partial charge in [-0.3, -0.25) is 0 Å². The van der Waals surface area contributed by atoms with E-state index < -0.39 is 0 Å². The van der Waals surface area contributed by atoms with Crippen molar-refractivity contribution in [3.63, 3.8) is 0 Å². The lowest BCUT2D eigenvalue weighted by atomic mass is 9.89. The average Bonchev–Trinajstić information content (AvgIpc) is 3.31. The predicted molar refractivity (Wildman–Crippen MR) is 87.7 cm³/mol. The van der Waals surface area contributed by atoms with Gasteiger partial charge in [-0.25, -0.2) is 0 Å². The van der Waals surface area contributed by atoms with E-state index in [0.717, 1.165) is 23.5 Å². The van der Waals surface area contributed by atoms with Crippen LogP contribution in [0.4, 0.5) is 0 Å². The normalized spacial score (nSPS) is 27.5. The van der Waals surface area contributed by atoms with E-state index in [9.17, 15) is 0 Å². The minimum atomic E-state index is 0.154. The number of rotatable bonds is 6. The minimum absolute atomic E-state index is 0.154. The van der Waals surface area contributed by atoms with E-state index in [1.807, 2.05) is 12.1 Å². The summed E-state index contributed by atoms with van der Waals surface area (Å²) in [5, 5.41) is 4.40. The molecular formula is C18H26ClNO. The molecule has 2 fully saturated rings. The van der Waals surface area contributed by atoms with Crippen LogP contribution in [0.1, 0.15) is 57.1 Å². The van der Waals surface area contributed by atoms with E-state index in [-0.39, 0.29) is 6.10 Å². The SMILES string of the molecule is CC1CCC(OC(CNC2CC2)c2ccc(Cl)cc2)CC1. The fourth-order valence-electron chi connectivity index (χ4n) is 3.08. The summed E-state index contributed by atoms with van der Waals surface area (Å²) in [4.78, 5) is 0. The van der Waals surface area contributed by atoms with Gasteiger partial charge in [-0.15, -0.1) is 0 Å². The average molecular weight is 308 g/mol. The van der Waals surface area contributed by atoms with Gasteiger partial charge >= 0.3 is 0 Å². The van der Waals surface area contributed by atoms with Crippen LogP contribution in [0, 0.1) is 5.92 Å². The third-order valence-corrected chi connectivity index (χ3v) is 4.98. The number of halogens is 1. The van der Waals surface area contributed by atoms with Gasteiger partial charge in [0, 0.05) is 17.6 Å². The van der Waals surface area contributed by atoms with Crippen LogP contribution in [0.15, 0.2) is 24.3 Å². The summed E-state index contributed by atoms with van der Waals surface area (Å²) >= 11 is 6.01. The smallest absolute Gasteiger partial charge is 0.0953 e. The zero-order valence-corrected chi connectivity index (χ0v) is 13.6. The molecule has 0 aromatic heterocycles. The Bertz CT molecular complexity index is 435. The molecule has 0 radical (unpaired) electrons. The van der Waals surface area contributed by atoms with Crippen LogP contribution in [0.25, 0.3) is 0 Å². The third-order valence-electron chi connectivity index (χ3n) is 4.73. The number of benzene rings is 1. The first-order valence-corrected chi connectivity index (χ1v) is 8.73. The van der Waals surface area contributed by atoms with Crippen molar-refractivity contribution in [1.82, 2.24) is 5.32 Å². The number of hydrogen-bond acceptors (Lipinski definition) is 2. The third kappa shape index (κ3) is 4.70. The molecule has 2 aliphatic rings. The molecule has 2 nitrogen and oxygen atoms in total. The lowest BCUT2D eigenvalue weighted by Gasteiger charge is -2.30. The van der Waals surface area contributed by atoms with Gasteiger partial charge in [0.1, 0.15) is 0 Å². The summed E-state index contributed by atoms with van der Waals surface area (Å²) in [5.74, 6) is 0.864. The molecule has 0 saturated heterocycles. The molecule has 0 heterocycles. The Morgan fingerprint density at radius 3 is 2.38 bits per heavy atom. The highest BCUT2D eigenvalue weighted by molar-refractivity contribution is 6.30. The van der Waals surface area contributed by atoms with Gasteiger partial charge in [-0.1, -0.05) is 30.7 Å². The highest BCUT2D eigenvalue weighted by Gasteiger charge is 2.26. The Morgan fingerprint density at radius 1 is 1.10 bits per heavy atom. The molecule has 2 saturated carbocycles. The first-order chi connectivity index (χ1) is 10.2. The lowest BCUT2D eigenvalue weighted by Crippen LogP contribution is -2.30. The maximum atomic E-state index is 6.44. The zero-order chi connectivity index (χ0) is 14.7. The Morgan fingerprint density at radius 2 is 1.76 bits per heavy atom. The van der Waals surface area contributed by atoms with Crippen LogP contribution in [-0.2, 0) is 4.74 Å². The Balaban J connectivity index is 1.61. The monoisotopic (exact) mass is 307 g/mol. The van der Waals surface area contributed by atoms with Gasteiger partial charge in [0.2, 0.25) is 0 Å². The van der Waals surface area contributed by atoms with Crippen LogP contribution in [-0.4, -0.2) is 18.7 Å². The summed E-state index contributed by atoms with van der Waals surface area (Å²) < 4.78 is 6.44. The van der Waals surface area contributed by atoms with Gasteiger partial charge in [0.05, 0.1) is 12.2 Å². The minimum Gasteiger partial charge on any atom is -0.369 e. The second-order valence-electron chi connectivity index (χ2n) is 6.74. The molecule has 2 aliphatic carbocycles. The molecule has 3 heteroatoms. The van der Waals surface area contributed by atoms with Crippen LogP contribution in [0.5, 0.6) is 0 Å². The summed E-state index contributed by atoms with van der Waals surface area (Å²) in [7, 11) is 0. The molecular weight excluding hydrogens is 282 g/mol. The van der Waals surface area contributed by atoms with Crippen LogP contribution in [0.2, 0.25) is 5.02 Å². The van der Waals surface area contributed by atoms with Gasteiger partial charge in [0.15, 0.2) is 0 Å². The Hall–Kier alpha value is -0.570. The summed E-state index contributed by atoms with van der Waals surface area (Å²) in [5.41, 5.74) is 1.24. The van der Waals surface area contributed by atoms with Crippen molar-refractivity contribution in [2.24, 2.45) is 5.92 Å². The molecule has 1 aromatic carbocycles. The van der Waals surface area contributed by atoms with Crippen molar-refractivity contribution in [2.45, 2.75) is 63.7 Å². The molecule has 0 spiro atoms. The van der Waals surface area contributed by atoms with E-state index in [0.29, 0.717) is 6.10 Å². The van der Waals surface area contributed by atoms with Crippen molar-refractivity contribution in [3.8, 4) is 0 Å². The molecule has 0 bridgehead atoms.